The summed E-state index contributed by atoms with van der Waals surface area (Å²) in [6, 6.07) is 0.372. The molecule has 2 aliphatic heterocycles. The van der Waals surface area contributed by atoms with Crippen LogP contribution in [0.2, 0.25) is 0 Å². The molecule has 1 fully saturated rings. The summed E-state index contributed by atoms with van der Waals surface area (Å²) in [4.78, 5) is 31.3. The summed E-state index contributed by atoms with van der Waals surface area (Å²) in [6.07, 6.45) is 0.330. The fourth-order valence-corrected chi connectivity index (χ4v) is 4.12. The second kappa shape index (κ2) is 7.31. The molecule has 4 heterocycles. The van der Waals surface area contributed by atoms with Crippen LogP contribution in [0.25, 0.3) is 0 Å². The number of carbonyl (C=O) groups excluding carboxylic acids is 1. The smallest absolute Gasteiger partial charge is 0.341 e. The molecule has 156 valence electrons. The predicted octanol–water partition coefficient (Wildman–Crippen LogP) is 2.25. The lowest BCUT2D eigenvalue weighted by atomic mass is 10.0. The third-order valence-corrected chi connectivity index (χ3v) is 5.61. The molecule has 2 atom stereocenters. The van der Waals surface area contributed by atoms with Gasteiger partial charge in [0.1, 0.15) is 11.9 Å². The summed E-state index contributed by atoms with van der Waals surface area (Å²) in [5.41, 5.74) is -1.11. The van der Waals surface area contributed by atoms with Gasteiger partial charge < -0.3 is 4.90 Å². The Morgan fingerprint density at radius 2 is 2.07 bits per heavy atom. The first-order chi connectivity index (χ1) is 13.7. The minimum absolute atomic E-state index is 0.0716. The summed E-state index contributed by atoms with van der Waals surface area (Å²) >= 11 is 0. The SMILES string of the molecule is C[C@H]1CCN(C(=O)[C@@H]2CCCc3nn(Cc4cncc(C(F)(F)F)c4)c(=O)n32)C1. The minimum atomic E-state index is -4.51. The third kappa shape index (κ3) is 3.79. The van der Waals surface area contributed by atoms with E-state index in [9.17, 15) is 22.8 Å². The zero-order chi connectivity index (χ0) is 20.8. The fraction of sp³-hybridized carbons (Fsp3) is 0.579. The first-order valence-electron chi connectivity index (χ1n) is 9.72. The number of carbonyl (C=O) groups is 1. The lowest BCUT2D eigenvalue weighted by Crippen LogP contribution is -2.41. The molecule has 10 heteroatoms. The summed E-state index contributed by atoms with van der Waals surface area (Å²) < 4.78 is 41.3. The Balaban J connectivity index is 1.62. The highest BCUT2D eigenvalue weighted by atomic mass is 19.4. The molecular weight excluding hydrogens is 387 g/mol. The van der Waals surface area contributed by atoms with Crippen LogP contribution in [-0.2, 0) is 23.9 Å². The lowest BCUT2D eigenvalue weighted by molar-refractivity contribution is -0.138. The van der Waals surface area contributed by atoms with Crippen molar-refractivity contribution in [1.29, 1.82) is 0 Å². The van der Waals surface area contributed by atoms with Crippen molar-refractivity contribution < 1.29 is 18.0 Å². The molecule has 2 aromatic heterocycles. The van der Waals surface area contributed by atoms with E-state index in [0.29, 0.717) is 37.7 Å². The fourth-order valence-electron chi connectivity index (χ4n) is 4.12. The number of nitrogens with zero attached hydrogens (tertiary/aromatic N) is 5. The first kappa shape index (κ1) is 19.7. The largest absolute Gasteiger partial charge is 0.417 e. The summed E-state index contributed by atoms with van der Waals surface area (Å²) in [7, 11) is 0. The van der Waals surface area contributed by atoms with Crippen molar-refractivity contribution in [2.45, 2.75) is 51.4 Å². The van der Waals surface area contributed by atoms with E-state index < -0.39 is 23.5 Å². The van der Waals surface area contributed by atoms with Gasteiger partial charge in [-0.25, -0.2) is 9.48 Å². The van der Waals surface area contributed by atoms with Gasteiger partial charge >= 0.3 is 11.9 Å². The van der Waals surface area contributed by atoms with Crippen LogP contribution in [0, 0.1) is 5.92 Å². The molecule has 4 rings (SSSR count). The van der Waals surface area contributed by atoms with E-state index in [2.05, 4.69) is 17.0 Å². The molecule has 29 heavy (non-hydrogen) atoms. The average Bonchev–Trinajstić information content (AvgIpc) is 3.24. The van der Waals surface area contributed by atoms with Crippen molar-refractivity contribution in [3.05, 3.63) is 45.9 Å². The van der Waals surface area contributed by atoms with Gasteiger partial charge in [0.2, 0.25) is 5.91 Å². The van der Waals surface area contributed by atoms with Crippen molar-refractivity contribution in [2.75, 3.05) is 13.1 Å². The Hall–Kier alpha value is -2.65. The molecule has 0 unspecified atom stereocenters. The Morgan fingerprint density at radius 3 is 2.76 bits per heavy atom. The quantitative estimate of drug-likeness (QED) is 0.780. The van der Waals surface area contributed by atoms with Gasteiger partial charge in [0, 0.05) is 31.9 Å². The second-order valence-corrected chi connectivity index (χ2v) is 7.89. The van der Waals surface area contributed by atoms with E-state index in [1.54, 1.807) is 4.90 Å². The molecule has 2 aliphatic rings. The van der Waals surface area contributed by atoms with Crippen LogP contribution >= 0.6 is 0 Å². The molecule has 0 bridgehead atoms. The molecule has 0 saturated carbocycles. The van der Waals surface area contributed by atoms with E-state index in [0.717, 1.165) is 29.8 Å². The van der Waals surface area contributed by atoms with Gasteiger partial charge in [0.15, 0.2) is 0 Å². The van der Waals surface area contributed by atoms with Crippen LogP contribution in [-0.4, -0.2) is 43.2 Å². The molecule has 0 aromatic carbocycles. The van der Waals surface area contributed by atoms with Gasteiger partial charge in [-0.2, -0.15) is 18.3 Å². The summed E-state index contributed by atoms with van der Waals surface area (Å²) in [5.74, 6) is 0.874. The van der Waals surface area contributed by atoms with E-state index in [1.807, 2.05) is 0 Å². The summed E-state index contributed by atoms with van der Waals surface area (Å²) in [6.45, 7) is 3.33. The van der Waals surface area contributed by atoms with Gasteiger partial charge in [-0.3, -0.25) is 14.3 Å². The molecule has 7 nitrogen and oxygen atoms in total. The van der Waals surface area contributed by atoms with Crippen molar-refractivity contribution in [3.8, 4) is 0 Å². The number of pyridine rings is 1. The van der Waals surface area contributed by atoms with Crippen molar-refractivity contribution >= 4 is 5.91 Å². The maximum atomic E-state index is 13.0. The first-order valence-corrected chi connectivity index (χ1v) is 9.72. The predicted molar refractivity (Wildman–Crippen MR) is 97.2 cm³/mol. The van der Waals surface area contributed by atoms with Crippen LogP contribution in [0.15, 0.2) is 23.3 Å². The van der Waals surface area contributed by atoms with Crippen LogP contribution in [0.3, 0.4) is 0 Å². The normalized spacial score (nSPS) is 22.0. The number of aryl methyl sites for hydroxylation is 1. The number of fused-ring (bicyclic) bond motifs is 1. The Kier molecular flexibility index (Phi) is 4.95. The molecular formula is C19H22F3N5O2. The van der Waals surface area contributed by atoms with Crippen LogP contribution in [0.5, 0.6) is 0 Å². The minimum Gasteiger partial charge on any atom is -0.341 e. The molecule has 2 aromatic rings. The Labute approximate surface area is 165 Å². The summed E-state index contributed by atoms with van der Waals surface area (Å²) in [5, 5.41) is 4.30. The van der Waals surface area contributed by atoms with E-state index in [-0.39, 0.29) is 18.0 Å². The van der Waals surface area contributed by atoms with E-state index in [4.69, 9.17) is 0 Å². The van der Waals surface area contributed by atoms with Crippen molar-refractivity contribution in [3.63, 3.8) is 0 Å². The highest BCUT2D eigenvalue weighted by molar-refractivity contribution is 5.81. The van der Waals surface area contributed by atoms with Crippen LogP contribution < -0.4 is 5.69 Å². The Bertz CT molecular complexity index is 981. The van der Waals surface area contributed by atoms with Crippen molar-refractivity contribution in [1.82, 2.24) is 24.2 Å². The third-order valence-electron chi connectivity index (χ3n) is 5.61. The standard InChI is InChI=1S/C19H22F3N5O2/c1-12-5-6-25(10-12)17(28)15-3-2-4-16-24-26(18(29)27(15)16)11-13-7-14(9-23-8-13)19(20,21)22/h7-9,12,15H,2-6,10-11H2,1H3/t12-,15-/m0/s1. The molecule has 1 saturated heterocycles. The Morgan fingerprint density at radius 1 is 1.28 bits per heavy atom. The monoisotopic (exact) mass is 409 g/mol. The number of halogens is 3. The molecule has 1 amide bonds. The van der Waals surface area contributed by atoms with Crippen LogP contribution in [0.4, 0.5) is 13.2 Å². The van der Waals surface area contributed by atoms with Gasteiger partial charge in [0.05, 0.1) is 12.1 Å². The zero-order valence-electron chi connectivity index (χ0n) is 16.0. The van der Waals surface area contributed by atoms with Crippen LogP contribution in [0.1, 0.15) is 49.2 Å². The second-order valence-electron chi connectivity index (χ2n) is 7.89. The molecule has 0 radical (unpaired) electrons. The van der Waals surface area contributed by atoms with Gasteiger partial charge in [-0.1, -0.05) is 6.92 Å². The number of amides is 1. The molecule has 0 N–H and O–H groups in total. The zero-order valence-corrected chi connectivity index (χ0v) is 16.0. The number of aromatic nitrogens is 4. The van der Waals surface area contributed by atoms with E-state index in [1.165, 1.54) is 10.8 Å². The average molecular weight is 409 g/mol. The number of likely N-dealkylation sites (tertiary alicyclic amines) is 1. The topological polar surface area (TPSA) is 73.0 Å². The maximum absolute atomic E-state index is 13.0. The highest BCUT2D eigenvalue weighted by Crippen LogP contribution is 2.29. The number of alkyl halides is 3. The van der Waals surface area contributed by atoms with E-state index >= 15 is 0 Å². The highest BCUT2D eigenvalue weighted by Gasteiger charge is 2.35. The maximum Gasteiger partial charge on any atom is 0.417 e. The van der Waals surface area contributed by atoms with Gasteiger partial charge in [-0.15, -0.1) is 0 Å². The van der Waals surface area contributed by atoms with Gasteiger partial charge in [-0.05, 0) is 36.8 Å². The van der Waals surface area contributed by atoms with Crippen molar-refractivity contribution in [2.24, 2.45) is 5.92 Å². The lowest BCUT2D eigenvalue weighted by Gasteiger charge is -2.27. The number of hydrogen-bond acceptors (Lipinski definition) is 4. The molecule has 0 aliphatic carbocycles. The number of rotatable bonds is 3. The number of hydrogen-bond donors (Lipinski definition) is 0. The molecule has 0 spiro atoms. The van der Waals surface area contributed by atoms with Gasteiger partial charge in [0.25, 0.3) is 0 Å².